The minimum Gasteiger partial charge on any atom is -0.373 e. The maximum Gasteiger partial charge on any atom is 0.240 e. The fourth-order valence-corrected chi connectivity index (χ4v) is 3.01. The molecule has 1 heterocycles. The molecule has 1 atom stereocenters. The van der Waals surface area contributed by atoms with Crippen LogP contribution in [0.25, 0.3) is 0 Å². The molecule has 106 valence electrons. The van der Waals surface area contributed by atoms with Crippen molar-refractivity contribution < 1.29 is 13.2 Å². The van der Waals surface area contributed by atoms with Crippen LogP contribution in [0.1, 0.15) is 0 Å². The van der Waals surface area contributed by atoms with E-state index in [1.165, 1.54) is 6.07 Å². The van der Waals surface area contributed by atoms with Gasteiger partial charge in [-0.15, -0.1) is 0 Å². The van der Waals surface area contributed by atoms with Gasteiger partial charge in [0.2, 0.25) is 10.0 Å². The second kappa shape index (κ2) is 5.87. The number of rotatable bonds is 4. The van der Waals surface area contributed by atoms with Crippen molar-refractivity contribution in [2.24, 2.45) is 5.14 Å². The SMILES string of the molecule is CNCC1CN(c2ccccc2S(N)(=O)=O)CCO1. The summed E-state index contributed by atoms with van der Waals surface area (Å²) in [5.41, 5.74) is 0.648. The van der Waals surface area contributed by atoms with Crippen molar-refractivity contribution in [3.63, 3.8) is 0 Å². The molecule has 3 N–H and O–H groups in total. The Bertz CT molecular complexity index is 531. The van der Waals surface area contributed by atoms with Crippen molar-refractivity contribution in [3.8, 4) is 0 Å². The molecule has 0 aliphatic carbocycles. The first kappa shape index (κ1) is 14.3. The zero-order valence-corrected chi connectivity index (χ0v) is 11.7. The third kappa shape index (κ3) is 3.44. The summed E-state index contributed by atoms with van der Waals surface area (Å²) in [5.74, 6) is 0. The lowest BCUT2D eigenvalue weighted by Gasteiger charge is -2.35. The molecule has 1 fully saturated rings. The molecular formula is C12H19N3O3S. The average Bonchev–Trinajstić information content (AvgIpc) is 2.38. The highest BCUT2D eigenvalue weighted by Crippen LogP contribution is 2.25. The maximum atomic E-state index is 11.6. The lowest BCUT2D eigenvalue weighted by atomic mass is 10.2. The van der Waals surface area contributed by atoms with Crippen molar-refractivity contribution in [2.75, 3.05) is 38.2 Å². The van der Waals surface area contributed by atoms with Crippen LogP contribution >= 0.6 is 0 Å². The van der Waals surface area contributed by atoms with Crippen LogP contribution in [0.2, 0.25) is 0 Å². The molecule has 0 radical (unpaired) electrons. The van der Waals surface area contributed by atoms with Gasteiger partial charge in [-0.25, -0.2) is 13.6 Å². The Morgan fingerprint density at radius 1 is 1.47 bits per heavy atom. The quantitative estimate of drug-likeness (QED) is 0.797. The smallest absolute Gasteiger partial charge is 0.240 e. The lowest BCUT2D eigenvalue weighted by molar-refractivity contribution is 0.0420. The maximum absolute atomic E-state index is 11.6. The molecule has 1 aromatic rings. The van der Waals surface area contributed by atoms with Gasteiger partial charge in [-0.2, -0.15) is 0 Å². The third-order valence-electron chi connectivity index (χ3n) is 3.08. The van der Waals surface area contributed by atoms with Gasteiger partial charge in [-0.3, -0.25) is 0 Å². The number of morpholine rings is 1. The summed E-state index contributed by atoms with van der Waals surface area (Å²) < 4.78 is 28.8. The van der Waals surface area contributed by atoms with Gasteiger partial charge in [0.05, 0.1) is 18.4 Å². The molecule has 1 unspecified atom stereocenters. The number of hydrogen-bond acceptors (Lipinski definition) is 5. The molecule has 1 aliphatic rings. The molecule has 2 rings (SSSR count). The highest BCUT2D eigenvalue weighted by Gasteiger charge is 2.24. The normalized spacial score (nSPS) is 20.5. The van der Waals surface area contributed by atoms with Crippen molar-refractivity contribution in [1.82, 2.24) is 5.32 Å². The summed E-state index contributed by atoms with van der Waals surface area (Å²) in [7, 11) is -1.85. The van der Waals surface area contributed by atoms with Gasteiger partial charge < -0.3 is 15.0 Å². The summed E-state index contributed by atoms with van der Waals surface area (Å²) in [6.45, 7) is 2.61. The second-order valence-electron chi connectivity index (χ2n) is 4.51. The Morgan fingerprint density at radius 2 is 2.21 bits per heavy atom. The number of para-hydroxylation sites is 1. The minimum absolute atomic E-state index is 0.0484. The Labute approximate surface area is 113 Å². The molecule has 6 nitrogen and oxygen atoms in total. The van der Waals surface area contributed by atoms with E-state index in [9.17, 15) is 8.42 Å². The number of likely N-dealkylation sites (N-methyl/N-ethyl adjacent to an activating group) is 1. The molecule has 19 heavy (non-hydrogen) atoms. The van der Waals surface area contributed by atoms with Gasteiger partial charge in [0, 0.05) is 19.6 Å². The Hall–Kier alpha value is -1.15. The molecule has 0 amide bonds. The number of nitrogens with one attached hydrogen (secondary N) is 1. The first-order valence-corrected chi connectivity index (χ1v) is 7.70. The van der Waals surface area contributed by atoms with Crippen LogP contribution < -0.4 is 15.4 Å². The lowest BCUT2D eigenvalue weighted by Crippen LogP contribution is -2.46. The first-order valence-electron chi connectivity index (χ1n) is 6.15. The predicted molar refractivity (Wildman–Crippen MR) is 73.7 cm³/mol. The fourth-order valence-electron chi connectivity index (χ4n) is 2.25. The monoisotopic (exact) mass is 285 g/mol. The molecule has 1 aliphatic heterocycles. The summed E-state index contributed by atoms with van der Waals surface area (Å²) in [6, 6.07) is 6.80. The predicted octanol–water partition coefficient (Wildman–Crippen LogP) is -0.241. The van der Waals surface area contributed by atoms with Crippen LogP contribution in [0.15, 0.2) is 29.2 Å². The van der Waals surface area contributed by atoms with Crippen molar-refractivity contribution in [2.45, 2.75) is 11.0 Å². The number of primary sulfonamides is 1. The summed E-state index contributed by atoms with van der Waals surface area (Å²) in [4.78, 5) is 2.17. The number of nitrogens with zero attached hydrogens (tertiary/aromatic N) is 1. The molecule has 1 saturated heterocycles. The van der Waals surface area contributed by atoms with Crippen LogP contribution in [0.5, 0.6) is 0 Å². The molecule has 7 heteroatoms. The van der Waals surface area contributed by atoms with Crippen LogP contribution in [-0.2, 0) is 14.8 Å². The first-order chi connectivity index (χ1) is 9.02. The van der Waals surface area contributed by atoms with Gasteiger partial charge in [0.1, 0.15) is 4.90 Å². The Morgan fingerprint density at radius 3 is 2.89 bits per heavy atom. The molecular weight excluding hydrogens is 266 g/mol. The summed E-state index contributed by atoms with van der Waals surface area (Å²) in [5, 5.41) is 8.32. The van der Waals surface area contributed by atoms with Gasteiger partial charge >= 0.3 is 0 Å². The number of ether oxygens (including phenoxy) is 1. The number of benzene rings is 1. The highest BCUT2D eigenvalue weighted by molar-refractivity contribution is 7.89. The number of hydrogen-bond donors (Lipinski definition) is 2. The molecule has 0 spiro atoms. The fraction of sp³-hybridized carbons (Fsp3) is 0.500. The van der Waals surface area contributed by atoms with Crippen molar-refractivity contribution >= 4 is 15.7 Å². The summed E-state index contributed by atoms with van der Waals surface area (Å²) in [6.07, 6.45) is 0.0484. The Kier molecular flexibility index (Phi) is 4.41. The topological polar surface area (TPSA) is 84.7 Å². The number of anilines is 1. The van der Waals surface area contributed by atoms with Crippen LogP contribution in [0, 0.1) is 0 Å². The zero-order valence-electron chi connectivity index (χ0n) is 10.9. The highest BCUT2D eigenvalue weighted by atomic mass is 32.2. The standard InChI is InChI=1S/C12H19N3O3S/c1-14-8-10-9-15(6-7-18-10)11-4-2-3-5-12(11)19(13,16)17/h2-5,10,14H,6-9H2,1H3,(H2,13,16,17). The number of nitrogens with two attached hydrogens (primary N) is 1. The van der Waals surface area contributed by atoms with E-state index in [0.29, 0.717) is 25.4 Å². The van der Waals surface area contributed by atoms with Crippen LogP contribution in [0.4, 0.5) is 5.69 Å². The van der Waals surface area contributed by atoms with Crippen LogP contribution in [-0.4, -0.2) is 47.8 Å². The van der Waals surface area contributed by atoms with E-state index in [2.05, 4.69) is 5.32 Å². The van der Waals surface area contributed by atoms with E-state index in [1.54, 1.807) is 12.1 Å². The van der Waals surface area contributed by atoms with Gasteiger partial charge in [-0.05, 0) is 19.2 Å². The van der Waals surface area contributed by atoms with Gasteiger partial charge in [0.25, 0.3) is 0 Å². The molecule has 0 saturated carbocycles. The average molecular weight is 285 g/mol. The van der Waals surface area contributed by atoms with E-state index >= 15 is 0 Å². The van der Waals surface area contributed by atoms with Crippen molar-refractivity contribution in [3.05, 3.63) is 24.3 Å². The van der Waals surface area contributed by atoms with Gasteiger partial charge in [0.15, 0.2) is 0 Å². The Balaban J connectivity index is 2.27. The van der Waals surface area contributed by atoms with E-state index in [1.807, 2.05) is 18.0 Å². The summed E-state index contributed by atoms with van der Waals surface area (Å²) >= 11 is 0. The van der Waals surface area contributed by atoms with E-state index in [0.717, 1.165) is 6.54 Å². The van der Waals surface area contributed by atoms with Crippen LogP contribution in [0.3, 0.4) is 0 Å². The minimum atomic E-state index is -3.71. The number of sulfonamides is 1. The molecule has 1 aromatic carbocycles. The third-order valence-corrected chi connectivity index (χ3v) is 4.04. The van der Waals surface area contributed by atoms with Gasteiger partial charge in [-0.1, -0.05) is 12.1 Å². The van der Waals surface area contributed by atoms with Crippen molar-refractivity contribution in [1.29, 1.82) is 0 Å². The van der Waals surface area contributed by atoms with E-state index < -0.39 is 10.0 Å². The zero-order chi connectivity index (χ0) is 13.9. The molecule has 0 aromatic heterocycles. The largest absolute Gasteiger partial charge is 0.373 e. The molecule has 0 bridgehead atoms. The second-order valence-corrected chi connectivity index (χ2v) is 6.04. The van der Waals surface area contributed by atoms with E-state index in [-0.39, 0.29) is 11.0 Å². The van der Waals surface area contributed by atoms with E-state index in [4.69, 9.17) is 9.88 Å².